The molecule has 0 aliphatic heterocycles. The van der Waals surface area contributed by atoms with Gasteiger partial charge in [-0.25, -0.2) is 9.37 Å². The molecule has 1 heterocycles. The highest BCUT2D eigenvalue weighted by molar-refractivity contribution is 7.13. The Kier molecular flexibility index (Phi) is 9.29. The summed E-state index contributed by atoms with van der Waals surface area (Å²) in [5.41, 5.74) is 9.69. The lowest BCUT2D eigenvalue weighted by molar-refractivity contribution is -0.136. The van der Waals surface area contributed by atoms with Crippen molar-refractivity contribution in [1.29, 1.82) is 0 Å². The van der Waals surface area contributed by atoms with Gasteiger partial charge in [-0.2, -0.15) is 0 Å². The molecule has 3 aromatic rings. The van der Waals surface area contributed by atoms with Gasteiger partial charge in [0.2, 0.25) is 5.91 Å². The largest absolute Gasteiger partial charge is 0.487 e. The first-order valence-corrected chi connectivity index (χ1v) is 13.7. The van der Waals surface area contributed by atoms with E-state index < -0.39 is 5.82 Å². The van der Waals surface area contributed by atoms with Gasteiger partial charge in [0.15, 0.2) is 5.75 Å². The van der Waals surface area contributed by atoms with E-state index >= 15 is 0 Å². The van der Waals surface area contributed by atoms with Crippen molar-refractivity contribution in [2.45, 2.75) is 45.7 Å². The number of carbonyl (C=O) groups excluding carboxylic acids is 1. The molecule has 1 aromatic heterocycles. The molecule has 0 spiro atoms. The van der Waals surface area contributed by atoms with Crippen LogP contribution in [0.3, 0.4) is 0 Å². The van der Waals surface area contributed by atoms with Gasteiger partial charge in [0.1, 0.15) is 19.0 Å². The predicted octanol–water partition coefficient (Wildman–Crippen LogP) is 5.97. The number of aromatic nitrogens is 1. The number of hydrogen-bond donors (Lipinski definition) is 1. The number of amides is 1. The highest BCUT2D eigenvalue weighted by atomic mass is 35.5. The molecule has 0 unspecified atom stereocenters. The van der Waals surface area contributed by atoms with E-state index in [1.165, 1.54) is 28.0 Å². The fourth-order valence-electron chi connectivity index (χ4n) is 4.08. The van der Waals surface area contributed by atoms with Gasteiger partial charge in [-0.1, -0.05) is 52.7 Å². The number of halogens is 3. The van der Waals surface area contributed by atoms with Crippen molar-refractivity contribution in [3.8, 4) is 10.9 Å². The summed E-state index contributed by atoms with van der Waals surface area (Å²) in [7, 11) is 0. The Morgan fingerprint density at radius 2 is 1.92 bits per heavy atom. The number of hydrogen-bond acceptors (Lipinski definition) is 6. The smallest absolute Gasteiger partial charge is 0.273 e. The van der Waals surface area contributed by atoms with Gasteiger partial charge in [0.25, 0.3) is 5.19 Å². The maximum atomic E-state index is 13.5. The third kappa shape index (κ3) is 7.13. The summed E-state index contributed by atoms with van der Waals surface area (Å²) in [6.45, 7) is 5.41. The minimum absolute atomic E-state index is 0.0863. The predicted molar refractivity (Wildman–Crippen MR) is 145 cm³/mol. The molecule has 1 amide bonds. The molecule has 198 valence electrons. The molecular formula is C27H30Cl2FN3O3S. The van der Waals surface area contributed by atoms with Crippen LogP contribution in [0, 0.1) is 25.6 Å². The summed E-state index contributed by atoms with van der Waals surface area (Å²) in [6.07, 6.45) is 4.28. The van der Waals surface area contributed by atoms with E-state index in [2.05, 4.69) is 31.0 Å². The van der Waals surface area contributed by atoms with Gasteiger partial charge in [-0.3, -0.25) is 4.79 Å². The van der Waals surface area contributed by atoms with Gasteiger partial charge in [-0.15, -0.1) is 0 Å². The average molecular weight is 567 g/mol. The second-order valence-electron chi connectivity index (χ2n) is 9.18. The molecule has 6 nitrogen and oxygen atoms in total. The van der Waals surface area contributed by atoms with Gasteiger partial charge in [-0.05, 0) is 61.9 Å². The molecule has 10 heteroatoms. The summed E-state index contributed by atoms with van der Waals surface area (Å²) >= 11 is 13.3. The summed E-state index contributed by atoms with van der Waals surface area (Å²) < 4.78 is 24.5. The topological polar surface area (TPSA) is 77.7 Å². The summed E-state index contributed by atoms with van der Waals surface area (Å²) in [6, 6.07) is 8.78. The van der Waals surface area contributed by atoms with Crippen molar-refractivity contribution in [2.24, 2.45) is 11.7 Å². The first-order chi connectivity index (χ1) is 17.8. The zero-order chi connectivity index (χ0) is 26.5. The summed E-state index contributed by atoms with van der Waals surface area (Å²) in [4.78, 5) is 20.8. The molecular weight excluding hydrogens is 536 g/mol. The van der Waals surface area contributed by atoms with Crippen molar-refractivity contribution in [3.05, 3.63) is 74.0 Å². The van der Waals surface area contributed by atoms with Crippen molar-refractivity contribution < 1.29 is 18.7 Å². The third-order valence-electron chi connectivity index (χ3n) is 6.46. The van der Waals surface area contributed by atoms with E-state index in [1.807, 2.05) is 11.0 Å². The highest BCUT2D eigenvalue weighted by Gasteiger charge is 2.36. The number of aryl methyl sites for hydroxylation is 1. The first kappa shape index (κ1) is 27.6. The lowest BCUT2D eigenvalue weighted by atomic mass is 10.00. The van der Waals surface area contributed by atoms with Crippen LogP contribution in [0.5, 0.6) is 10.9 Å². The number of nitrogens with zero attached hydrogens (tertiary/aromatic N) is 2. The Balaban J connectivity index is 1.32. The molecule has 1 atom stereocenters. The summed E-state index contributed by atoms with van der Waals surface area (Å²) in [5, 5.41) is 0.654. The minimum Gasteiger partial charge on any atom is -0.487 e. The van der Waals surface area contributed by atoms with E-state index in [9.17, 15) is 9.18 Å². The molecule has 1 aliphatic rings. The van der Waals surface area contributed by atoms with Crippen molar-refractivity contribution in [1.82, 2.24) is 9.88 Å². The molecule has 1 aliphatic carbocycles. The zero-order valence-electron chi connectivity index (χ0n) is 20.8. The lowest BCUT2D eigenvalue weighted by Crippen LogP contribution is -2.41. The molecule has 0 bridgehead atoms. The maximum absolute atomic E-state index is 13.5. The number of nitrogens with two attached hydrogens (primary N) is 1. The number of benzene rings is 2. The van der Waals surface area contributed by atoms with Crippen LogP contribution in [-0.4, -0.2) is 41.6 Å². The average Bonchev–Trinajstić information content (AvgIpc) is 3.60. The highest BCUT2D eigenvalue weighted by Crippen LogP contribution is 2.34. The standard InChI is InChI=1S/C27H30Cl2FN3O3S/c1-16-4-3-5-18(17(16)2)15-33(21-6-7-21)26(34)19(13-31)10-22-14-32-27(37-22)36-9-8-35-25-23(28)11-20(30)12-24(25)29/h3-5,11-12,14,19,21H,6-10,13,15,31H2,1-2H3/t19-/m1/s1. The van der Waals surface area contributed by atoms with Crippen LogP contribution in [-0.2, 0) is 17.8 Å². The Bertz CT molecular complexity index is 1230. The van der Waals surface area contributed by atoms with Gasteiger partial charge in [0.05, 0.1) is 16.0 Å². The van der Waals surface area contributed by atoms with Crippen molar-refractivity contribution in [2.75, 3.05) is 19.8 Å². The Morgan fingerprint density at radius 3 is 2.59 bits per heavy atom. The fourth-order valence-corrected chi connectivity index (χ4v) is 5.51. The Morgan fingerprint density at radius 1 is 1.22 bits per heavy atom. The monoisotopic (exact) mass is 565 g/mol. The van der Waals surface area contributed by atoms with Crippen LogP contribution in [0.25, 0.3) is 0 Å². The van der Waals surface area contributed by atoms with E-state index in [0.717, 1.165) is 29.9 Å². The Labute approximate surface area is 230 Å². The zero-order valence-corrected chi connectivity index (χ0v) is 23.1. The third-order valence-corrected chi connectivity index (χ3v) is 7.95. The summed E-state index contributed by atoms with van der Waals surface area (Å²) in [5.74, 6) is -0.569. The maximum Gasteiger partial charge on any atom is 0.273 e. The second-order valence-corrected chi connectivity index (χ2v) is 11.1. The van der Waals surface area contributed by atoms with Crippen LogP contribution in [0.1, 0.15) is 34.4 Å². The van der Waals surface area contributed by atoms with Gasteiger partial charge < -0.3 is 20.1 Å². The first-order valence-electron chi connectivity index (χ1n) is 12.2. The van der Waals surface area contributed by atoms with Gasteiger partial charge in [0, 0.05) is 30.2 Å². The van der Waals surface area contributed by atoms with Crippen LogP contribution < -0.4 is 15.2 Å². The normalized spacial score (nSPS) is 13.9. The molecule has 4 rings (SSSR count). The lowest BCUT2D eigenvalue weighted by Gasteiger charge is -2.27. The van der Waals surface area contributed by atoms with E-state index in [1.54, 1.807) is 6.20 Å². The van der Waals surface area contributed by atoms with Crippen LogP contribution >= 0.6 is 34.5 Å². The van der Waals surface area contributed by atoms with Crippen LogP contribution in [0.15, 0.2) is 36.5 Å². The number of rotatable bonds is 12. The van der Waals surface area contributed by atoms with Gasteiger partial charge >= 0.3 is 0 Å². The number of thiazole rings is 1. The molecule has 1 fully saturated rings. The Hall–Kier alpha value is -2.39. The van der Waals surface area contributed by atoms with Crippen molar-refractivity contribution in [3.63, 3.8) is 0 Å². The molecule has 0 saturated heterocycles. The minimum atomic E-state index is -0.534. The van der Waals surface area contributed by atoms with E-state index in [0.29, 0.717) is 18.2 Å². The fraction of sp³-hybridized carbons (Fsp3) is 0.407. The second kappa shape index (κ2) is 12.4. The SMILES string of the molecule is Cc1cccc(CN(C(=O)[C@@H](CN)Cc2cnc(OCCOc3c(Cl)cc(F)cc3Cl)s2)C2CC2)c1C. The molecule has 2 aromatic carbocycles. The van der Waals surface area contributed by atoms with E-state index in [4.69, 9.17) is 38.4 Å². The molecule has 2 N–H and O–H groups in total. The van der Waals surface area contributed by atoms with E-state index in [-0.39, 0.29) is 53.4 Å². The molecule has 37 heavy (non-hydrogen) atoms. The van der Waals surface area contributed by atoms with Crippen LogP contribution in [0.2, 0.25) is 10.0 Å². The van der Waals surface area contributed by atoms with Crippen LogP contribution in [0.4, 0.5) is 4.39 Å². The quantitative estimate of drug-likeness (QED) is 0.273. The van der Waals surface area contributed by atoms with Crippen molar-refractivity contribution >= 4 is 40.4 Å². The molecule has 1 saturated carbocycles. The number of ether oxygens (including phenoxy) is 2. The number of carbonyl (C=O) groups is 1. The molecule has 0 radical (unpaired) electrons.